The molecule has 0 bridgehead atoms. The van der Waals surface area contributed by atoms with E-state index in [0.717, 1.165) is 8.96 Å². The van der Waals surface area contributed by atoms with Crippen molar-refractivity contribution in [3.05, 3.63) is 74.2 Å². The molecule has 0 aliphatic heterocycles. The normalized spacial score (nSPS) is 10.6. The second-order valence-corrected chi connectivity index (χ2v) is 5.92. The number of rotatable bonds is 4. The molecular formula is C17H11IO4. The van der Waals surface area contributed by atoms with E-state index in [9.17, 15) is 9.59 Å². The van der Waals surface area contributed by atoms with Gasteiger partial charge in [0.25, 0.3) is 0 Å². The first-order valence-electron chi connectivity index (χ1n) is 6.57. The minimum absolute atomic E-state index is 0.0663. The van der Waals surface area contributed by atoms with Crippen LogP contribution in [0.3, 0.4) is 0 Å². The van der Waals surface area contributed by atoms with Crippen LogP contribution >= 0.6 is 22.6 Å². The van der Waals surface area contributed by atoms with Crippen LogP contribution in [0.25, 0.3) is 11.0 Å². The van der Waals surface area contributed by atoms with Crippen molar-refractivity contribution in [1.82, 2.24) is 0 Å². The Bertz CT molecular complexity index is 881. The smallest absolute Gasteiger partial charge is 0.336 e. The van der Waals surface area contributed by atoms with Crippen molar-refractivity contribution < 1.29 is 13.9 Å². The summed E-state index contributed by atoms with van der Waals surface area (Å²) in [5.41, 5.74) is 0.624. The van der Waals surface area contributed by atoms with Crippen LogP contribution in [-0.4, -0.2) is 12.4 Å². The summed E-state index contributed by atoms with van der Waals surface area (Å²) in [6.45, 7) is -0.0663. The second-order valence-electron chi connectivity index (χ2n) is 4.67. The Hall–Kier alpha value is -2.15. The average Bonchev–Trinajstić information content (AvgIpc) is 2.53. The summed E-state index contributed by atoms with van der Waals surface area (Å²) >= 11 is 2.18. The Morgan fingerprint density at radius 1 is 1.05 bits per heavy atom. The predicted octanol–water partition coefficient (Wildman–Crippen LogP) is 3.66. The summed E-state index contributed by atoms with van der Waals surface area (Å²) in [5, 5.41) is 0.802. The van der Waals surface area contributed by atoms with Gasteiger partial charge in [-0.15, -0.1) is 0 Å². The molecule has 0 amide bonds. The van der Waals surface area contributed by atoms with Gasteiger partial charge in [-0.3, -0.25) is 4.79 Å². The molecular weight excluding hydrogens is 395 g/mol. The Morgan fingerprint density at radius 3 is 2.55 bits per heavy atom. The first kappa shape index (κ1) is 14.8. The van der Waals surface area contributed by atoms with Crippen molar-refractivity contribution in [2.24, 2.45) is 0 Å². The molecule has 22 heavy (non-hydrogen) atoms. The fourth-order valence-electron chi connectivity index (χ4n) is 2.00. The van der Waals surface area contributed by atoms with E-state index in [1.165, 1.54) is 6.07 Å². The van der Waals surface area contributed by atoms with Crippen molar-refractivity contribution in [1.29, 1.82) is 0 Å². The zero-order valence-electron chi connectivity index (χ0n) is 11.4. The number of ether oxygens (including phenoxy) is 1. The molecule has 0 radical (unpaired) electrons. The molecule has 0 atom stereocenters. The number of halogens is 1. The minimum Gasteiger partial charge on any atom is -0.485 e. The quantitative estimate of drug-likeness (QED) is 0.377. The van der Waals surface area contributed by atoms with Crippen molar-refractivity contribution in [2.75, 3.05) is 6.61 Å². The molecule has 3 aromatic rings. The van der Waals surface area contributed by atoms with Crippen molar-refractivity contribution in [2.45, 2.75) is 0 Å². The van der Waals surface area contributed by atoms with Crippen LogP contribution in [-0.2, 0) is 0 Å². The zero-order chi connectivity index (χ0) is 15.5. The Morgan fingerprint density at radius 2 is 1.77 bits per heavy atom. The summed E-state index contributed by atoms with van der Waals surface area (Å²) in [6.07, 6.45) is 0. The average molecular weight is 406 g/mol. The lowest BCUT2D eigenvalue weighted by molar-refractivity contribution is 0.0921. The molecule has 0 unspecified atom stereocenters. The highest BCUT2D eigenvalue weighted by molar-refractivity contribution is 14.1. The first-order valence-corrected chi connectivity index (χ1v) is 7.65. The fourth-order valence-corrected chi connectivity index (χ4v) is 2.36. The zero-order valence-corrected chi connectivity index (χ0v) is 13.6. The Labute approximate surface area is 139 Å². The highest BCUT2D eigenvalue weighted by Gasteiger charge is 2.07. The van der Waals surface area contributed by atoms with Gasteiger partial charge in [0.2, 0.25) is 0 Å². The van der Waals surface area contributed by atoms with E-state index in [1.807, 2.05) is 12.1 Å². The number of hydrogen-bond donors (Lipinski definition) is 0. The molecule has 0 saturated heterocycles. The van der Waals surface area contributed by atoms with Gasteiger partial charge >= 0.3 is 5.63 Å². The van der Waals surface area contributed by atoms with Crippen LogP contribution in [0, 0.1) is 3.57 Å². The highest BCUT2D eigenvalue weighted by atomic mass is 127. The number of benzene rings is 2. The first-order chi connectivity index (χ1) is 10.6. The topological polar surface area (TPSA) is 56.5 Å². The molecule has 0 fully saturated rings. The third-order valence-electron chi connectivity index (χ3n) is 3.13. The largest absolute Gasteiger partial charge is 0.485 e. The standard InChI is InChI=1S/C17H11IO4/c18-13-5-1-11(2-6-13)15(19)10-21-14-7-3-12-4-8-17(20)22-16(12)9-14/h1-9H,10H2. The van der Waals surface area contributed by atoms with Gasteiger partial charge in [0.15, 0.2) is 12.4 Å². The number of carbonyl (C=O) groups is 1. The molecule has 1 heterocycles. The van der Waals surface area contributed by atoms with Crippen molar-refractivity contribution in [3.8, 4) is 5.75 Å². The monoisotopic (exact) mass is 406 g/mol. The number of ketones is 1. The molecule has 0 aliphatic carbocycles. The van der Waals surface area contributed by atoms with Crippen LogP contribution < -0.4 is 10.4 Å². The van der Waals surface area contributed by atoms with E-state index in [4.69, 9.17) is 9.15 Å². The molecule has 2 aromatic carbocycles. The summed E-state index contributed by atoms with van der Waals surface area (Å²) < 4.78 is 11.6. The Balaban J connectivity index is 1.74. The molecule has 0 aliphatic rings. The van der Waals surface area contributed by atoms with Crippen LogP contribution in [0.2, 0.25) is 0 Å². The Kier molecular flexibility index (Phi) is 4.24. The van der Waals surface area contributed by atoms with Gasteiger partial charge in [0.1, 0.15) is 11.3 Å². The van der Waals surface area contributed by atoms with E-state index >= 15 is 0 Å². The van der Waals surface area contributed by atoms with Gasteiger partial charge < -0.3 is 9.15 Å². The number of hydrogen-bond acceptors (Lipinski definition) is 4. The van der Waals surface area contributed by atoms with Gasteiger partial charge in [-0.25, -0.2) is 4.79 Å². The van der Waals surface area contributed by atoms with Crippen LogP contribution in [0.1, 0.15) is 10.4 Å². The summed E-state index contributed by atoms with van der Waals surface area (Å²) in [5.74, 6) is 0.381. The van der Waals surface area contributed by atoms with Gasteiger partial charge in [-0.2, -0.15) is 0 Å². The lowest BCUT2D eigenvalue weighted by Gasteiger charge is -2.06. The van der Waals surface area contributed by atoms with Crippen LogP contribution in [0.4, 0.5) is 0 Å². The lowest BCUT2D eigenvalue weighted by atomic mass is 10.1. The van der Waals surface area contributed by atoms with Crippen LogP contribution in [0.15, 0.2) is 63.8 Å². The second kappa shape index (κ2) is 6.31. The predicted molar refractivity (Wildman–Crippen MR) is 91.5 cm³/mol. The molecule has 5 heteroatoms. The van der Waals surface area contributed by atoms with Gasteiger partial charge in [-0.1, -0.05) is 12.1 Å². The maximum atomic E-state index is 12.0. The highest BCUT2D eigenvalue weighted by Crippen LogP contribution is 2.19. The molecule has 0 saturated carbocycles. The van der Waals surface area contributed by atoms with E-state index in [-0.39, 0.29) is 12.4 Å². The summed E-state index contributed by atoms with van der Waals surface area (Å²) in [7, 11) is 0. The maximum Gasteiger partial charge on any atom is 0.336 e. The van der Waals surface area contributed by atoms with Crippen molar-refractivity contribution in [3.63, 3.8) is 0 Å². The SMILES string of the molecule is O=C(COc1ccc2ccc(=O)oc2c1)c1ccc(I)cc1. The van der Waals surface area contributed by atoms with E-state index in [0.29, 0.717) is 16.9 Å². The van der Waals surface area contributed by atoms with Crippen LogP contribution in [0.5, 0.6) is 5.75 Å². The molecule has 3 rings (SSSR count). The fraction of sp³-hybridized carbons (Fsp3) is 0.0588. The molecule has 4 nitrogen and oxygen atoms in total. The summed E-state index contributed by atoms with van der Waals surface area (Å²) in [6, 6.07) is 15.5. The van der Waals surface area contributed by atoms with E-state index in [1.54, 1.807) is 36.4 Å². The number of carbonyl (C=O) groups excluding carboxylic acids is 1. The lowest BCUT2D eigenvalue weighted by Crippen LogP contribution is -2.11. The molecule has 0 N–H and O–H groups in total. The summed E-state index contributed by atoms with van der Waals surface area (Å²) in [4.78, 5) is 23.3. The van der Waals surface area contributed by atoms with E-state index < -0.39 is 5.63 Å². The van der Waals surface area contributed by atoms with Crippen molar-refractivity contribution >= 4 is 39.3 Å². The van der Waals surface area contributed by atoms with Gasteiger partial charge in [0, 0.05) is 26.7 Å². The molecule has 0 spiro atoms. The van der Waals surface area contributed by atoms with Gasteiger partial charge in [0.05, 0.1) is 0 Å². The third-order valence-corrected chi connectivity index (χ3v) is 3.85. The third kappa shape index (κ3) is 3.36. The number of Topliss-reactive ketones (excluding diaryl/α,β-unsaturated/α-hetero) is 1. The molecule has 110 valence electrons. The minimum atomic E-state index is -0.417. The van der Waals surface area contributed by atoms with E-state index in [2.05, 4.69) is 22.6 Å². The maximum absolute atomic E-state index is 12.0. The number of fused-ring (bicyclic) bond motifs is 1. The van der Waals surface area contributed by atoms with Gasteiger partial charge in [-0.05, 0) is 52.9 Å². The molecule has 1 aromatic heterocycles.